The van der Waals surface area contributed by atoms with E-state index in [0.717, 1.165) is 6.42 Å². The van der Waals surface area contributed by atoms with Crippen LogP contribution < -0.4 is 5.54 Å². The van der Waals surface area contributed by atoms with Crippen molar-refractivity contribution in [1.29, 1.82) is 0 Å². The summed E-state index contributed by atoms with van der Waals surface area (Å²) in [5, 5.41) is 0. The number of halogens is 1. The van der Waals surface area contributed by atoms with E-state index in [-0.39, 0.29) is 6.04 Å². The second-order valence-electron chi connectivity index (χ2n) is 2.35. The minimum atomic E-state index is -1.59. The van der Waals surface area contributed by atoms with Crippen molar-refractivity contribution in [2.24, 2.45) is 0 Å². The van der Waals surface area contributed by atoms with Gasteiger partial charge in [-0.1, -0.05) is 6.92 Å². The van der Waals surface area contributed by atoms with E-state index in [2.05, 4.69) is 0 Å². The van der Waals surface area contributed by atoms with Crippen molar-refractivity contribution >= 4 is 9.28 Å². The molecule has 5 heteroatoms. The van der Waals surface area contributed by atoms with Crippen LogP contribution in [0.25, 0.3) is 0 Å². The van der Waals surface area contributed by atoms with E-state index in [1.54, 1.807) is 19.8 Å². The summed E-state index contributed by atoms with van der Waals surface area (Å²) in [7, 11) is 1.62. The minimum absolute atomic E-state index is 0.119. The van der Waals surface area contributed by atoms with Crippen molar-refractivity contribution in [1.82, 2.24) is 5.54 Å². The first kappa shape index (κ1) is 11.0. The van der Waals surface area contributed by atoms with Gasteiger partial charge in [0.15, 0.2) is 0 Å². The van der Waals surface area contributed by atoms with Gasteiger partial charge in [-0.05, 0) is 6.42 Å². The Morgan fingerprint density at radius 2 is 2.00 bits per heavy atom. The van der Waals surface area contributed by atoms with Gasteiger partial charge in [-0.25, -0.2) is 0 Å². The van der Waals surface area contributed by atoms with Crippen LogP contribution in [0.2, 0.25) is 6.04 Å². The molecule has 0 rings (SSSR count). The molecule has 0 aromatic carbocycles. The molecule has 0 aliphatic carbocycles. The fourth-order valence-corrected chi connectivity index (χ4v) is 2.27. The summed E-state index contributed by atoms with van der Waals surface area (Å²) in [6.45, 7) is 1.92. The van der Waals surface area contributed by atoms with Crippen LogP contribution in [0, 0.1) is 0 Å². The molecule has 0 saturated heterocycles. The predicted octanol–water partition coefficient (Wildman–Crippen LogP) is 0.752. The van der Waals surface area contributed by atoms with E-state index >= 15 is 0 Å². The average Bonchev–Trinajstić information content (AvgIpc) is 2.07. The summed E-state index contributed by atoms with van der Waals surface area (Å²) < 4.78 is 22.0. The van der Waals surface area contributed by atoms with Gasteiger partial charge in [-0.2, -0.15) is 5.54 Å². The molecule has 11 heavy (non-hydrogen) atoms. The van der Waals surface area contributed by atoms with Crippen LogP contribution in [0.5, 0.6) is 0 Å². The largest absolute Gasteiger partial charge is 0.400 e. The van der Waals surface area contributed by atoms with Crippen molar-refractivity contribution in [3.63, 3.8) is 0 Å². The third-order valence-electron chi connectivity index (χ3n) is 1.65. The molecule has 0 aliphatic heterocycles. The molecule has 1 unspecified atom stereocenters. The lowest BCUT2D eigenvalue weighted by Crippen LogP contribution is -2.30. The SMILES string of the molecule is CCC(C[SiH](OC)OC)NF. The zero-order chi connectivity index (χ0) is 8.69. The van der Waals surface area contributed by atoms with Crippen LogP contribution in [0.15, 0.2) is 0 Å². The zero-order valence-corrected chi connectivity index (χ0v) is 8.42. The molecular formula is C6H16FNO2Si. The topological polar surface area (TPSA) is 30.5 Å². The molecule has 0 fully saturated rings. The minimum Gasteiger partial charge on any atom is -0.400 e. The van der Waals surface area contributed by atoms with Crippen molar-refractivity contribution in [2.45, 2.75) is 25.4 Å². The number of hydrogen-bond acceptors (Lipinski definition) is 3. The van der Waals surface area contributed by atoms with Crippen LogP contribution in [0.1, 0.15) is 13.3 Å². The average molecular weight is 181 g/mol. The Kier molecular flexibility index (Phi) is 6.74. The van der Waals surface area contributed by atoms with Crippen molar-refractivity contribution < 1.29 is 13.3 Å². The van der Waals surface area contributed by atoms with Gasteiger partial charge in [0.2, 0.25) is 0 Å². The van der Waals surface area contributed by atoms with Gasteiger partial charge in [-0.15, -0.1) is 4.48 Å². The third-order valence-corrected chi connectivity index (χ3v) is 3.66. The van der Waals surface area contributed by atoms with Gasteiger partial charge in [0, 0.05) is 26.3 Å². The lowest BCUT2D eigenvalue weighted by molar-refractivity contribution is 0.240. The van der Waals surface area contributed by atoms with Crippen molar-refractivity contribution in [3.05, 3.63) is 0 Å². The van der Waals surface area contributed by atoms with E-state index in [0.29, 0.717) is 6.04 Å². The molecule has 1 N–H and O–H groups in total. The van der Waals surface area contributed by atoms with Gasteiger partial charge in [-0.3, -0.25) is 0 Å². The quantitative estimate of drug-likeness (QED) is 0.484. The molecule has 3 nitrogen and oxygen atoms in total. The summed E-state index contributed by atoms with van der Waals surface area (Å²) >= 11 is 0. The summed E-state index contributed by atoms with van der Waals surface area (Å²) in [6, 6.07) is 0.548. The lowest BCUT2D eigenvalue weighted by Gasteiger charge is -2.15. The Hall–Kier alpha value is 0.0269. The second kappa shape index (κ2) is 6.72. The number of nitrogens with one attached hydrogen (secondary N) is 1. The lowest BCUT2D eigenvalue weighted by atomic mass is 10.3. The van der Waals surface area contributed by atoms with Crippen LogP contribution in [0.4, 0.5) is 4.48 Å². The first-order chi connectivity index (χ1) is 5.28. The molecule has 0 spiro atoms. The highest BCUT2D eigenvalue weighted by Gasteiger charge is 2.16. The van der Waals surface area contributed by atoms with E-state index in [1.165, 1.54) is 0 Å². The molecule has 0 aromatic heterocycles. The fourth-order valence-electron chi connectivity index (χ4n) is 0.809. The fraction of sp³-hybridized carbons (Fsp3) is 1.00. The maximum absolute atomic E-state index is 12.0. The molecule has 0 amide bonds. The van der Waals surface area contributed by atoms with E-state index < -0.39 is 9.28 Å². The van der Waals surface area contributed by atoms with E-state index in [1.807, 2.05) is 6.92 Å². The third kappa shape index (κ3) is 4.47. The molecule has 0 aromatic rings. The Morgan fingerprint density at radius 3 is 2.27 bits per heavy atom. The van der Waals surface area contributed by atoms with Crippen LogP contribution in [-0.4, -0.2) is 29.5 Å². The zero-order valence-electron chi connectivity index (χ0n) is 7.26. The summed E-state index contributed by atoms with van der Waals surface area (Å²) in [4.78, 5) is 0. The molecular weight excluding hydrogens is 165 g/mol. The normalized spacial score (nSPS) is 13.9. The molecule has 1 atom stereocenters. The van der Waals surface area contributed by atoms with Crippen molar-refractivity contribution in [2.75, 3.05) is 14.2 Å². The van der Waals surface area contributed by atoms with E-state index in [4.69, 9.17) is 8.85 Å². The van der Waals surface area contributed by atoms with Crippen LogP contribution >= 0.6 is 0 Å². The molecule has 0 bridgehead atoms. The Morgan fingerprint density at radius 1 is 1.45 bits per heavy atom. The summed E-state index contributed by atoms with van der Waals surface area (Å²) in [5.41, 5.74) is 1.73. The monoisotopic (exact) mass is 181 g/mol. The standard InChI is InChI=1S/C6H16FNO2Si/c1-4-6(8-7)5-11(9-2)10-3/h6,8,11H,4-5H2,1-3H3. The summed E-state index contributed by atoms with van der Waals surface area (Å²) in [6.07, 6.45) is 0.757. The molecule has 0 radical (unpaired) electrons. The van der Waals surface area contributed by atoms with Gasteiger partial charge in [0.25, 0.3) is 0 Å². The molecule has 0 heterocycles. The van der Waals surface area contributed by atoms with Gasteiger partial charge >= 0.3 is 9.28 Å². The van der Waals surface area contributed by atoms with Gasteiger partial charge < -0.3 is 8.85 Å². The second-order valence-corrected chi connectivity index (χ2v) is 4.62. The van der Waals surface area contributed by atoms with Gasteiger partial charge in [0.1, 0.15) is 0 Å². The maximum atomic E-state index is 12.0. The van der Waals surface area contributed by atoms with Crippen LogP contribution in [0.3, 0.4) is 0 Å². The molecule has 0 aliphatic rings. The Balaban J connectivity index is 3.58. The summed E-state index contributed by atoms with van der Waals surface area (Å²) in [5.74, 6) is 0. The Bertz CT molecular complexity index is 78.7. The highest BCUT2D eigenvalue weighted by atomic mass is 28.3. The molecule has 0 saturated carbocycles. The van der Waals surface area contributed by atoms with Crippen molar-refractivity contribution in [3.8, 4) is 0 Å². The number of hydrogen-bond donors (Lipinski definition) is 1. The highest BCUT2D eigenvalue weighted by molar-refractivity contribution is 6.44. The van der Waals surface area contributed by atoms with E-state index in [9.17, 15) is 4.48 Å². The highest BCUT2D eigenvalue weighted by Crippen LogP contribution is 2.03. The van der Waals surface area contributed by atoms with Gasteiger partial charge in [0.05, 0.1) is 0 Å². The van der Waals surface area contributed by atoms with Crippen LogP contribution in [-0.2, 0) is 8.85 Å². The first-order valence-corrected chi connectivity index (χ1v) is 5.46. The first-order valence-electron chi connectivity index (χ1n) is 3.70. The maximum Gasteiger partial charge on any atom is 0.322 e. The molecule has 68 valence electrons. The Labute approximate surface area is 68.7 Å². The number of rotatable bonds is 6. The predicted molar refractivity (Wildman–Crippen MR) is 44.3 cm³/mol. The smallest absolute Gasteiger partial charge is 0.322 e.